The van der Waals surface area contributed by atoms with Crippen LogP contribution in [-0.4, -0.2) is 18.9 Å². The fourth-order valence-electron chi connectivity index (χ4n) is 3.76. The van der Waals surface area contributed by atoms with E-state index in [2.05, 4.69) is 55.5 Å². The molecule has 0 amide bonds. The Morgan fingerprint density at radius 3 is 2.41 bits per heavy atom. The number of rotatable bonds is 5. The molecule has 0 spiro atoms. The van der Waals surface area contributed by atoms with E-state index in [1.807, 2.05) is 13.8 Å². The third kappa shape index (κ3) is 6.15. The van der Waals surface area contributed by atoms with Gasteiger partial charge in [0.1, 0.15) is 11.4 Å². The van der Waals surface area contributed by atoms with Gasteiger partial charge < -0.3 is 10.5 Å². The van der Waals surface area contributed by atoms with Crippen LogP contribution in [-0.2, 0) is 15.1 Å². The number of nitrogens with two attached hydrogens (primary N) is 1. The van der Waals surface area contributed by atoms with Gasteiger partial charge in [-0.1, -0.05) is 69.3 Å². The molecule has 3 rings (SSSR count). The Morgan fingerprint density at radius 2 is 1.93 bits per heavy atom. The Labute approximate surface area is 165 Å². The van der Waals surface area contributed by atoms with Crippen molar-refractivity contribution >= 4 is 5.78 Å². The predicted octanol–water partition coefficient (Wildman–Crippen LogP) is 5.56. The number of carbonyl (C=O) groups is 1. The van der Waals surface area contributed by atoms with Gasteiger partial charge in [0.25, 0.3) is 0 Å². The van der Waals surface area contributed by atoms with Crippen molar-refractivity contribution in [2.45, 2.75) is 65.4 Å². The van der Waals surface area contributed by atoms with Gasteiger partial charge in [-0.15, -0.1) is 0 Å². The summed E-state index contributed by atoms with van der Waals surface area (Å²) in [6.45, 7) is 9.17. The number of hydrogen-bond acceptors (Lipinski definition) is 3. The minimum atomic E-state index is -0.201. The number of ketones is 1. The molecule has 150 valence electrons. The highest BCUT2D eigenvalue weighted by Gasteiger charge is 2.46. The molecule has 0 aromatic heterocycles. The van der Waals surface area contributed by atoms with E-state index in [4.69, 9.17) is 10.5 Å². The van der Waals surface area contributed by atoms with Crippen LogP contribution < -0.4 is 5.73 Å². The number of carbonyl (C=O) groups excluding carboxylic acids is 1. The fourth-order valence-corrected chi connectivity index (χ4v) is 3.76. The second kappa shape index (κ2) is 12.6. The van der Waals surface area contributed by atoms with Gasteiger partial charge in [-0.3, -0.25) is 4.79 Å². The summed E-state index contributed by atoms with van der Waals surface area (Å²) in [6.07, 6.45) is 12.1. The standard InChI is InChI=1S/C18H22O.C4H9NO.C2H6/c1-2-15-13-14-19-18(15,16-9-5-3-6-10-16)17-11-7-4-8-12-17;1-4(6)2-3-5;1-2/h3,5-7,9-12,15H,2,4,8,13-14H2,1H3;2-3,5H2,1H3;1-2H3. The van der Waals surface area contributed by atoms with Crippen molar-refractivity contribution in [3.8, 4) is 0 Å². The second-order valence-corrected chi connectivity index (χ2v) is 6.72. The zero-order valence-corrected chi connectivity index (χ0v) is 17.5. The normalized spacial score (nSPS) is 23.4. The molecule has 3 nitrogen and oxygen atoms in total. The molecule has 1 aliphatic heterocycles. The number of ether oxygens (including phenoxy) is 1. The van der Waals surface area contributed by atoms with Gasteiger partial charge in [0.05, 0.1) is 0 Å². The van der Waals surface area contributed by atoms with E-state index in [0.29, 0.717) is 18.9 Å². The third-order valence-electron chi connectivity index (χ3n) is 4.99. The molecule has 0 saturated carbocycles. The van der Waals surface area contributed by atoms with Crippen LogP contribution in [0.2, 0.25) is 0 Å². The van der Waals surface area contributed by atoms with Crippen molar-refractivity contribution in [3.63, 3.8) is 0 Å². The van der Waals surface area contributed by atoms with E-state index < -0.39 is 0 Å². The molecule has 1 heterocycles. The van der Waals surface area contributed by atoms with Crippen LogP contribution >= 0.6 is 0 Å². The first-order valence-electron chi connectivity index (χ1n) is 10.4. The van der Waals surface area contributed by atoms with Crippen molar-refractivity contribution in [1.29, 1.82) is 0 Å². The largest absolute Gasteiger partial charge is 0.365 e. The summed E-state index contributed by atoms with van der Waals surface area (Å²) in [4.78, 5) is 9.96. The lowest BCUT2D eigenvalue weighted by Gasteiger charge is -2.37. The van der Waals surface area contributed by atoms with Crippen LogP contribution in [0.4, 0.5) is 0 Å². The zero-order chi connectivity index (χ0) is 20.1. The van der Waals surface area contributed by atoms with E-state index in [1.54, 1.807) is 0 Å². The van der Waals surface area contributed by atoms with E-state index in [-0.39, 0.29) is 11.4 Å². The van der Waals surface area contributed by atoms with Gasteiger partial charge in [0.15, 0.2) is 0 Å². The van der Waals surface area contributed by atoms with Crippen molar-refractivity contribution in [2.24, 2.45) is 11.7 Å². The molecule has 2 N–H and O–H groups in total. The average Bonchev–Trinajstić information content (AvgIpc) is 3.16. The summed E-state index contributed by atoms with van der Waals surface area (Å²) in [7, 11) is 0. The van der Waals surface area contributed by atoms with Gasteiger partial charge >= 0.3 is 0 Å². The number of Topliss-reactive ketones (excluding diaryl/α,β-unsaturated/α-hetero) is 1. The predicted molar refractivity (Wildman–Crippen MR) is 115 cm³/mol. The summed E-state index contributed by atoms with van der Waals surface area (Å²) in [6, 6.07) is 10.8. The second-order valence-electron chi connectivity index (χ2n) is 6.72. The lowest BCUT2D eigenvalue weighted by Crippen LogP contribution is -2.34. The molecule has 2 aliphatic rings. The maximum Gasteiger partial charge on any atom is 0.131 e. The lowest BCUT2D eigenvalue weighted by atomic mass is 9.73. The minimum Gasteiger partial charge on any atom is -0.365 e. The maximum absolute atomic E-state index is 9.96. The lowest BCUT2D eigenvalue weighted by molar-refractivity contribution is -0.116. The quantitative estimate of drug-likeness (QED) is 0.737. The number of benzene rings is 1. The Morgan fingerprint density at radius 1 is 1.22 bits per heavy atom. The van der Waals surface area contributed by atoms with Gasteiger partial charge in [0.2, 0.25) is 0 Å². The average molecular weight is 372 g/mol. The molecule has 1 fully saturated rings. The summed E-state index contributed by atoms with van der Waals surface area (Å²) in [5.41, 5.74) is 7.49. The van der Waals surface area contributed by atoms with E-state index in [9.17, 15) is 4.79 Å². The molecule has 1 aliphatic carbocycles. The van der Waals surface area contributed by atoms with E-state index in [0.717, 1.165) is 25.9 Å². The molecule has 0 bridgehead atoms. The molecular formula is C24H37NO2. The molecule has 2 unspecified atom stereocenters. The molecule has 1 saturated heterocycles. The van der Waals surface area contributed by atoms with Crippen LogP contribution in [0.25, 0.3) is 0 Å². The summed E-state index contributed by atoms with van der Waals surface area (Å²) < 4.78 is 6.35. The minimum absolute atomic E-state index is 0.164. The Hall–Kier alpha value is -1.71. The van der Waals surface area contributed by atoms with E-state index in [1.165, 1.54) is 24.5 Å². The van der Waals surface area contributed by atoms with Gasteiger partial charge in [0, 0.05) is 13.0 Å². The smallest absolute Gasteiger partial charge is 0.131 e. The SMILES string of the molecule is CC.CC(=O)CCN.CCC1CCOC1(C1=CCCC=C1)c1ccccc1. The van der Waals surface area contributed by atoms with Crippen LogP contribution in [0.5, 0.6) is 0 Å². The monoisotopic (exact) mass is 371 g/mol. The molecule has 0 radical (unpaired) electrons. The summed E-state index contributed by atoms with van der Waals surface area (Å²) in [5, 5.41) is 0. The first-order valence-corrected chi connectivity index (χ1v) is 10.4. The van der Waals surface area contributed by atoms with Gasteiger partial charge in [-0.25, -0.2) is 0 Å². The molecule has 3 heteroatoms. The van der Waals surface area contributed by atoms with Gasteiger partial charge in [-0.2, -0.15) is 0 Å². The van der Waals surface area contributed by atoms with Crippen molar-refractivity contribution < 1.29 is 9.53 Å². The van der Waals surface area contributed by atoms with Crippen LogP contribution in [0.3, 0.4) is 0 Å². The molecular weight excluding hydrogens is 334 g/mol. The maximum atomic E-state index is 9.96. The zero-order valence-electron chi connectivity index (χ0n) is 17.5. The number of allylic oxidation sites excluding steroid dienone is 2. The Bertz CT molecular complexity index is 606. The highest BCUT2D eigenvalue weighted by Crippen LogP contribution is 2.49. The van der Waals surface area contributed by atoms with Crippen molar-refractivity contribution in [3.05, 3.63) is 59.7 Å². The van der Waals surface area contributed by atoms with Crippen LogP contribution in [0.15, 0.2) is 54.1 Å². The highest BCUT2D eigenvalue weighted by molar-refractivity contribution is 5.75. The molecule has 27 heavy (non-hydrogen) atoms. The van der Waals surface area contributed by atoms with Crippen LogP contribution in [0.1, 0.15) is 65.4 Å². The van der Waals surface area contributed by atoms with E-state index >= 15 is 0 Å². The molecule has 1 aromatic carbocycles. The Kier molecular flexibility index (Phi) is 10.9. The summed E-state index contributed by atoms with van der Waals surface area (Å²) in [5.74, 6) is 0.751. The Balaban J connectivity index is 0.000000392. The molecule has 1 aromatic rings. The fraction of sp³-hybridized carbons (Fsp3) is 0.542. The first kappa shape index (κ1) is 23.3. The van der Waals surface area contributed by atoms with Crippen molar-refractivity contribution in [1.82, 2.24) is 0 Å². The van der Waals surface area contributed by atoms with Gasteiger partial charge in [-0.05, 0) is 56.2 Å². The third-order valence-corrected chi connectivity index (χ3v) is 4.99. The highest BCUT2D eigenvalue weighted by atomic mass is 16.5. The first-order chi connectivity index (χ1) is 13.1. The van der Waals surface area contributed by atoms with Crippen LogP contribution in [0, 0.1) is 5.92 Å². The van der Waals surface area contributed by atoms with Crippen molar-refractivity contribution in [2.75, 3.05) is 13.2 Å². The summed E-state index contributed by atoms with van der Waals surface area (Å²) >= 11 is 0. The number of hydrogen-bond donors (Lipinski definition) is 1. The topological polar surface area (TPSA) is 52.3 Å². The molecule has 2 atom stereocenters.